The molecule has 23 heavy (non-hydrogen) atoms. The predicted molar refractivity (Wildman–Crippen MR) is 85.9 cm³/mol. The van der Waals surface area contributed by atoms with Gasteiger partial charge < -0.3 is 13.7 Å². The summed E-state index contributed by atoms with van der Waals surface area (Å²) in [6.45, 7) is 4.07. The van der Waals surface area contributed by atoms with Crippen molar-refractivity contribution in [2.45, 2.75) is 20.4 Å². The Morgan fingerprint density at radius 2 is 1.96 bits per heavy atom. The van der Waals surface area contributed by atoms with Gasteiger partial charge in [0.25, 0.3) is 5.56 Å². The third-order valence-corrected chi connectivity index (χ3v) is 3.67. The van der Waals surface area contributed by atoms with E-state index in [0.29, 0.717) is 17.4 Å². The molecule has 3 aromatic rings. The van der Waals surface area contributed by atoms with E-state index in [9.17, 15) is 14.4 Å². The molecule has 1 aromatic carbocycles. The average molecular weight is 313 g/mol. The number of rotatable bonds is 3. The summed E-state index contributed by atoms with van der Waals surface area (Å²) in [4.78, 5) is 36.8. The molecule has 6 nitrogen and oxygen atoms in total. The van der Waals surface area contributed by atoms with Crippen molar-refractivity contribution in [3.05, 3.63) is 56.7 Å². The normalized spacial score (nSPS) is 11.0. The quantitative estimate of drug-likeness (QED) is 0.547. The number of nitrogens with zero attached hydrogens (tertiary/aromatic N) is 1. The van der Waals surface area contributed by atoms with Crippen LogP contribution in [0.3, 0.4) is 0 Å². The molecule has 0 atom stereocenters. The SMILES string of the molecule is CCOC(=O)c1cc(=O)oc2c1c(=O)n(CC)c1ccccc21. The number of aromatic nitrogens is 1. The van der Waals surface area contributed by atoms with Gasteiger partial charge in [0.05, 0.1) is 23.1 Å². The number of para-hydroxylation sites is 1. The number of ether oxygens (including phenoxy) is 1. The van der Waals surface area contributed by atoms with E-state index in [-0.39, 0.29) is 28.7 Å². The molecule has 0 fully saturated rings. The molecule has 2 heterocycles. The van der Waals surface area contributed by atoms with Crippen molar-refractivity contribution < 1.29 is 13.9 Å². The number of hydrogen-bond donors (Lipinski definition) is 0. The number of fused-ring (bicyclic) bond motifs is 3. The van der Waals surface area contributed by atoms with Gasteiger partial charge in [-0.3, -0.25) is 4.79 Å². The Labute approximate surface area is 130 Å². The van der Waals surface area contributed by atoms with Crippen LogP contribution in [0.25, 0.3) is 21.9 Å². The van der Waals surface area contributed by atoms with Crippen LogP contribution < -0.4 is 11.2 Å². The molecule has 0 unspecified atom stereocenters. The van der Waals surface area contributed by atoms with Crippen molar-refractivity contribution in [1.82, 2.24) is 4.57 Å². The van der Waals surface area contributed by atoms with Gasteiger partial charge in [0, 0.05) is 18.0 Å². The number of pyridine rings is 1. The van der Waals surface area contributed by atoms with Gasteiger partial charge in [-0.25, -0.2) is 9.59 Å². The molecule has 0 aliphatic heterocycles. The molecule has 0 aliphatic rings. The van der Waals surface area contributed by atoms with Gasteiger partial charge in [-0.2, -0.15) is 0 Å². The maximum atomic E-state index is 12.8. The smallest absolute Gasteiger partial charge is 0.339 e. The molecule has 3 rings (SSSR count). The van der Waals surface area contributed by atoms with Crippen molar-refractivity contribution in [2.24, 2.45) is 0 Å². The molecule has 0 radical (unpaired) electrons. The van der Waals surface area contributed by atoms with Crippen molar-refractivity contribution >= 4 is 27.8 Å². The third-order valence-electron chi connectivity index (χ3n) is 3.67. The highest BCUT2D eigenvalue weighted by Gasteiger charge is 2.21. The van der Waals surface area contributed by atoms with E-state index in [2.05, 4.69) is 0 Å². The van der Waals surface area contributed by atoms with Gasteiger partial charge >= 0.3 is 11.6 Å². The standard InChI is InChI=1S/C17H15NO5/c1-3-18-12-8-6-5-7-10(12)15-14(16(18)20)11(9-13(19)23-15)17(21)22-4-2/h5-9H,3-4H2,1-2H3. The summed E-state index contributed by atoms with van der Waals surface area (Å²) < 4.78 is 11.8. The highest BCUT2D eigenvalue weighted by molar-refractivity contribution is 6.10. The summed E-state index contributed by atoms with van der Waals surface area (Å²) in [6.07, 6.45) is 0. The fourth-order valence-corrected chi connectivity index (χ4v) is 2.72. The average Bonchev–Trinajstić information content (AvgIpc) is 2.55. The number of esters is 1. The van der Waals surface area contributed by atoms with E-state index in [4.69, 9.17) is 9.15 Å². The van der Waals surface area contributed by atoms with E-state index in [1.54, 1.807) is 35.8 Å². The van der Waals surface area contributed by atoms with Crippen LogP contribution >= 0.6 is 0 Å². The van der Waals surface area contributed by atoms with Gasteiger partial charge in [-0.1, -0.05) is 12.1 Å². The van der Waals surface area contributed by atoms with E-state index in [0.717, 1.165) is 6.07 Å². The predicted octanol–water partition coefficient (Wildman–Crippen LogP) is 2.30. The van der Waals surface area contributed by atoms with Crippen molar-refractivity contribution in [1.29, 1.82) is 0 Å². The Kier molecular flexibility index (Phi) is 3.73. The zero-order valence-electron chi connectivity index (χ0n) is 12.8. The topological polar surface area (TPSA) is 78.5 Å². The third kappa shape index (κ3) is 2.32. The van der Waals surface area contributed by atoms with Gasteiger partial charge in [-0.15, -0.1) is 0 Å². The van der Waals surface area contributed by atoms with E-state index in [1.807, 2.05) is 6.92 Å². The number of aryl methyl sites for hydroxylation is 1. The lowest BCUT2D eigenvalue weighted by atomic mass is 10.1. The maximum absolute atomic E-state index is 12.8. The second kappa shape index (κ2) is 5.72. The van der Waals surface area contributed by atoms with Crippen molar-refractivity contribution in [3.8, 4) is 0 Å². The van der Waals surface area contributed by atoms with Crippen LogP contribution in [-0.4, -0.2) is 17.1 Å². The molecule has 0 N–H and O–H groups in total. The first-order valence-electron chi connectivity index (χ1n) is 7.35. The summed E-state index contributed by atoms with van der Waals surface area (Å²) in [5.74, 6) is -0.708. The Morgan fingerprint density at radius 3 is 2.65 bits per heavy atom. The molecule has 6 heteroatoms. The number of carbonyl (C=O) groups excluding carboxylic acids is 1. The minimum atomic E-state index is -0.708. The van der Waals surface area contributed by atoms with Crippen LogP contribution in [0.2, 0.25) is 0 Å². The fraction of sp³-hybridized carbons (Fsp3) is 0.235. The minimum absolute atomic E-state index is 0.0592. The molecule has 0 bridgehead atoms. The number of carbonyl (C=O) groups is 1. The highest BCUT2D eigenvalue weighted by atomic mass is 16.5. The van der Waals surface area contributed by atoms with Crippen LogP contribution in [0.1, 0.15) is 24.2 Å². The lowest BCUT2D eigenvalue weighted by molar-refractivity contribution is 0.0528. The first-order valence-corrected chi connectivity index (χ1v) is 7.35. The largest absolute Gasteiger partial charge is 0.462 e. The van der Waals surface area contributed by atoms with E-state index in [1.165, 1.54) is 0 Å². The second-order valence-electron chi connectivity index (χ2n) is 4.97. The highest BCUT2D eigenvalue weighted by Crippen LogP contribution is 2.24. The maximum Gasteiger partial charge on any atom is 0.339 e. The Hall–Kier alpha value is -2.89. The van der Waals surface area contributed by atoms with Gasteiger partial charge in [0.1, 0.15) is 0 Å². The summed E-state index contributed by atoms with van der Waals surface area (Å²) in [5, 5.41) is 0.677. The van der Waals surface area contributed by atoms with Gasteiger partial charge in [0.15, 0.2) is 5.58 Å². The van der Waals surface area contributed by atoms with Gasteiger partial charge in [0.2, 0.25) is 0 Å². The first kappa shape index (κ1) is 15.0. The zero-order valence-corrected chi connectivity index (χ0v) is 12.8. The van der Waals surface area contributed by atoms with Crippen molar-refractivity contribution in [2.75, 3.05) is 6.61 Å². The first-order chi connectivity index (χ1) is 11.1. The monoisotopic (exact) mass is 313 g/mol. The van der Waals surface area contributed by atoms with Crippen LogP contribution in [0.5, 0.6) is 0 Å². The minimum Gasteiger partial charge on any atom is -0.462 e. The van der Waals surface area contributed by atoms with Crippen LogP contribution in [0.4, 0.5) is 0 Å². The van der Waals surface area contributed by atoms with Crippen molar-refractivity contribution in [3.63, 3.8) is 0 Å². The summed E-state index contributed by atoms with van der Waals surface area (Å²) in [7, 11) is 0. The van der Waals surface area contributed by atoms with E-state index < -0.39 is 11.6 Å². The molecule has 0 amide bonds. The Bertz CT molecular complexity index is 1030. The number of hydrogen-bond acceptors (Lipinski definition) is 5. The molecule has 0 saturated heterocycles. The lowest BCUT2D eigenvalue weighted by Crippen LogP contribution is -2.23. The van der Waals surface area contributed by atoms with Gasteiger partial charge in [-0.05, 0) is 26.0 Å². The molecule has 0 spiro atoms. The Balaban J connectivity index is 2.58. The Morgan fingerprint density at radius 1 is 1.22 bits per heavy atom. The van der Waals surface area contributed by atoms with Crippen LogP contribution in [-0.2, 0) is 11.3 Å². The van der Waals surface area contributed by atoms with E-state index >= 15 is 0 Å². The molecular weight excluding hydrogens is 298 g/mol. The second-order valence-corrected chi connectivity index (χ2v) is 4.97. The fourth-order valence-electron chi connectivity index (χ4n) is 2.72. The number of benzene rings is 1. The summed E-state index contributed by atoms with van der Waals surface area (Å²) in [5.41, 5.74) is -0.370. The summed E-state index contributed by atoms with van der Waals surface area (Å²) >= 11 is 0. The molecule has 0 saturated carbocycles. The summed E-state index contributed by atoms with van der Waals surface area (Å²) in [6, 6.07) is 8.12. The molecular formula is C17H15NO5. The molecule has 118 valence electrons. The lowest BCUT2D eigenvalue weighted by Gasteiger charge is -2.12. The molecule has 2 aromatic heterocycles. The van der Waals surface area contributed by atoms with Crippen LogP contribution in [0, 0.1) is 0 Å². The zero-order chi connectivity index (χ0) is 16.6. The molecule has 0 aliphatic carbocycles. The van der Waals surface area contributed by atoms with Crippen LogP contribution in [0.15, 0.2) is 44.3 Å².